The number of hydrogen-bond acceptors (Lipinski definition) is 6. The maximum Gasteiger partial charge on any atom is 2.00 e. The third-order valence-corrected chi connectivity index (χ3v) is 7.05. The molecule has 2 aliphatic rings. The minimum absolute atomic E-state index is 0. The summed E-state index contributed by atoms with van der Waals surface area (Å²) in [6, 6.07) is 4.02. The molecule has 5 heterocycles. The molecular weight excluding hydrogens is 560 g/mol. The van der Waals surface area contributed by atoms with E-state index in [1.54, 1.807) is 0 Å². The summed E-state index contributed by atoms with van der Waals surface area (Å²) in [5, 5.41) is 0. The predicted molar refractivity (Wildman–Crippen MR) is 162 cm³/mol. The first-order valence-electron chi connectivity index (χ1n) is 13.9. The Labute approximate surface area is 253 Å². The molecule has 0 saturated heterocycles. The molecule has 0 aromatic carbocycles. The van der Waals surface area contributed by atoms with Crippen molar-refractivity contribution in [2.24, 2.45) is 10.8 Å². The SMILES string of the molecule is CC(C)(C)C1=Cc2nc1nc1cc(C(C)(C)C)c(nc3nc(nc4cc(C(C)(C)C)c(n2)[n-]4)C(C(C)(C)C)=C3)[n-]1.[Cu+2]. The van der Waals surface area contributed by atoms with Crippen LogP contribution in [0.25, 0.3) is 45.9 Å². The summed E-state index contributed by atoms with van der Waals surface area (Å²) in [5.41, 5.74) is 5.59. The van der Waals surface area contributed by atoms with Crippen LogP contribution in [0.4, 0.5) is 0 Å². The number of fused-ring (bicyclic) bond motifs is 8. The van der Waals surface area contributed by atoms with Crippen LogP contribution in [0.3, 0.4) is 0 Å². The average Bonchev–Trinajstić information content (AvgIpc) is 3.53. The van der Waals surface area contributed by atoms with Crippen LogP contribution >= 0.6 is 0 Å². The van der Waals surface area contributed by atoms with Gasteiger partial charge in [-0.2, -0.15) is 0 Å². The van der Waals surface area contributed by atoms with Gasteiger partial charge in [-0.1, -0.05) is 83.1 Å². The zero-order valence-electron chi connectivity index (χ0n) is 26.2. The predicted octanol–water partition coefficient (Wildman–Crippen LogP) is 6.92. The van der Waals surface area contributed by atoms with Gasteiger partial charge in [0.1, 0.15) is 0 Å². The normalized spacial score (nSPS) is 14.4. The van der Waals surface area contributed by atoms with E-state index in [0.717, 1.165) is 22.3 Å². The van der Waals surface area contributed by atoms with Gasteiger partial charge in [-0.05, 0) is 68.2 Å². The molecule has 0 fully saturated rings. The Morgan fingerprint density at radius 2 is 0.805 bits per heavy atom. The molecule has 8 bridgehead atoms. The second kappa shape index (κ2) is 9.99. The van der Waals surface area contributed by atoms with Gasteiger partial charge >= 0.3 is 17.1 Å². The fourth-order valence-corrected chi connectivity index (χ4v) is 4.79. The van der Waals surface area contributed by atoms with E-state index in [4.69, 9.17) is 39.9 Å². The molecule has 0 spiro atoms. The number of hydrogen-bond donors (Lipinski definition) is 0. The molecule has 219 valence electrons. The number of rotatable bonds is 0. The van der Waals surface area contributed by atoms with E-state index in [9.17, 15) is 0 Å². The quantitative estimate of drug-likeness (QED) is 0.256. The Hall–Kier alpha value is -3.16. The molecule has 41 heavy (non-hydrogen) atoms. The van der Waals surface area contributed by atoms with E-state index in [1.165, 1.54) is 0 Å². The Bertz CT molecular complexity index is 1600. The summed E-state index contributed by atoms with van der Waals surface area (Å²) in [6.07, 6.45) is 4.02. The summed E-state index contributed by atoms with van der Waals surface area (Å²) in [5.74, 6) is 2.37. The van der Waals surface area contributed by atoms with Crippen molar-refractivity contribution in [2.75, 3.05) is 0 Å². The van der Waals surface area contributed by atoms with E-state index >= 15 is 0 Å². The molecular formula is C32H40CuN8. The van der Waals surface area contributed by atoms with Crippen LogP contribution in [0.5, 0.6) is 0 Å². The zero-order valence-corrected chi connectivity index (χ0v) is 27.1. The topological polar surface area (TPSA) is 106 Å². The molecule has 0 atom stereocenters. The first kappa shape index (κ1) is 30.8. The van der Waals surface area contributed by atoms with Gasteiger partial charge in [0.15, 0.2) is 0 Å². The Kier molecular flexibility index (Phi) is 7.50. The largest absolute Gasteiger partial charge is 2.00 e. The van der Waals surface area contributed by atoms with Gasteiger partial charge in [-0.25, -0.2) is 9.97 Å². The molecule has 1 radical (unpaired) electrons. The molecule has 5 rings (SSSR count). The smallest absolute Gasteiger partial charge is 0.358 e. The van der Waals surface area contributed by atoms with Crippen molar-refractivity contribution in [1.29, 1.82) is 0 Å². The van der Waals surface area contributed by atoms with E-state index in [0.29, 0.717) is 45.9 Å². The summed E-state index contributed by atoms with van der Waals surface area (Å²) in [4.78, 5) is 39.2. The molecule has 8 nitrogen and oxygen atoms in total. The van der Waals surface area contributed by atoms with Crippen molar-refractivity contribution >= 4 is 45.9 Å². The van der Waals surface area contributed by atoms with Gasteiger partial charge in [0.05, 0.1) is 23.3 Å². The Morgan fingerprint density at radius 1 is 0.463 bits per heavy atom. The van der Waals surface area contributed by atoms with E-state index in [-0.39, 0.29) is 38.7 Å². The fraction of sp³-hybridized carbons (Fsp3) is 0.500. The standard InChI is InChI=1S/C32H40N8.Cu/c1-29(2,3)17-13-21-33-25(17)37-22-14-18(30(4,5)6)27(34-22)39-24-16-20(32(10,11)12)28(36-24)40-23-15-19(31(7,8)9)26(35-23)38-21;/h13-16H,1-12H3;/q-2;+2. The Morgan fingerprint density at radius 3 is 1.10 bits per heavy atom. The van der Waals surface area contributed by atoms with Crippen LogP contribution in [-0.2, 0) is 27.9 Å². The molecule has 0 aliphatic carbocycles. The van der Waals surface area contributed by atoms with Crippen molar-refractivity contribution in [2.45, 2.75) is 93.9 Å². The Balaban J connectivity index is 0.00000387. The summed E-state index contributed by atoms with van der Waals surface area (Å²) in [7, 11) is 0. The van der Waals surface area contributed by atoms with Crippen molar-refractivity contribution in [3.8, 4) is 0 Å². The minimum atomic E-state index is -0.194. The maximum atomic E-state index is 4.94. The van der Waals surface area contributed by atoms with Gasteiger partial charge in [-0.3, -0.25) is 0 Å². The van der Waals surface area contributed by atoms with Crippen LogP contribution in [0.2, 0.25) is 0 Å². The third-order valence-electron chi connectivity index (χ3n) is 7.05. The second-order valence-corrected chi connectivity index (χ2v) is 14.9. The molecule has 3 aromatic rings. The van der Waals surface area contributed by atoms with Crippen LogP contribution in [0.15, 0.2) is 12.1 Å². The van der Waals surface area contributed by atoms with E-state index in [2.05, 4.69) is 83.1 Å². The van der Waals surface area contributed by atoms with Crippen molar-refractivity contribution < 1.29 is 17.1 Å². The maximum absolute atomic E-state index is 4.94. The van der Waals surface area contributed by atoms with Gasteiger partial charge in [0.2, 0.25) is 0 Å². The fourth-order valence-electron chi connectivity index (χ4n) is 4.79. The molecule has 2 aliphatic heterocycles. The average molecular weight is 600 g/mol. The van der Waals surface area contributed by atoms with Crippen molar-refractivity contribution in [3.63, 3.8) is 0 Å². The molecule has 0 saturated carbocycles. The van der Waals surface area contributed by atoms with Gasteiger partial charge in [0, 0.05) is 22.6 Å². The zero-order chi connectivity index (χ0) is 29.4. The summed E-state index contributed by atoms with van der Waals surface area (Å²) >= 11 is 0. The second-order valence-electron chi connectivity index (χ2n) is 14.9. The summed E-state index contributed by atoms with van der Waals surface area (Å²) < 4.78 is 0. The van der Waals surface area contributed by atoms with Crippen LogP contribution in [-0.4, -0.2) is 29.9 Å². The minimum Gasteiger partial charge on any atom is -0.358 e. The van der Waals surface area contributed by atoms with Crippen molar-refractivity contribution in [1.82, 2.24) is 39.9 Å². The first-order chi connectivity index (χ1) is 18.3. The van der Waals surface area contributed by atoms with Crippen LogP contribution in [0, 0.1) is 10.8 Å². The monoisotopic (exact) mass is 599 g/mol. The molecule has 0 amide bonds. The van der Waals surface area contributed by atoms with E-state index in [1.807, 2.05) is 24.3 Å². The third kappa shape index (κ3) is 6.21. The molecule has 3 aromatic heterocycles. The van der Waals surface area contributed by atoms with Crippen LogP contribution < -0.4 is 9.97 Å². The number of aromatic nitrogens is 8. The number of allylic oxidation sites excluding steroid dienone is 2. The van der Waals surface area contributed by atoms with Crippen LogP contribution in [0.1, 0.15) is 118 Å². The first-order valence-corrected chi connectivity index (χ1v) is 13.9. The van der Waals surface area contributed by atoms with Gasteiger partial charge in [0.25, 0.3) is 0 Å². The molecule has 0 N–H and O–H groups in total. The summed E-state index contributed by atoms with van der Waals surface area (Å²) in [6.45, 7) is 25.8. The van der Waals surface area contributed by atoms with Gasteiger partial charge in [-0.15, -0.1) is 0 Å². The van der Waals surface area contributed by atoms with E-state index < -0.39 is 0 Å². The van der Waals surface area contributed by atoms with Gasteiger partial charge < -0.3 is 29.9 Å². The molecule has 9 heteroatoms. The van der Waals surface area contributed by atoms with Crippen molar-refractivity contribution in [3.05, 3.63) is 46.6 Å². The molecule has 0 unspecified atom stereocenters. The number of nitrogens with zero attached hydrogens (tertiary/aromatic N) is 8.